The number of rotatable bonds is 4. The van der Waals surface area contributed by atoms with Gasteiger partial charge < -0.3 is 9.13 Å². The number of nitrogens with zero attached hydrogens (tertiary/aromatic N) is 2. The molecule has 0 N–H and O–H groups in total. The van der Waals surface area contributed by atoms with Gasteiger partial charge in [0, 0.05) is 33.2 Å². The van der Waals surface area contributed by atoms with Crippen LogP contribution < -0.4 is 0 Å². The van der Waals surface area contributed by atoms with Crippen LogP contribution in [0.2, 0.25) is 0 Å². The first kappa shape index (κ1) is 33.0. The van der Waals surface area contributed by atoms with Crippen LogP contribution in [-0.2, 0) is 6.42 Å². The highest BCUT2D eigenvalue weighted by atomic mass is 15.0. The number of para-hydroxylation sites is 3. The van der Waals surface area contributed by atoms with Gasteiger partial charge >= 0.3 is 0 Å². The summed E-state index contributed by atoms with van der Waals surface area (Å²) in [7, 11) is 0. The number of hydrogen-bond donors (Lipinski definition) is 0. The van der Waals surface area contributed by atoms with Crippen LogP contribution in [-0.4, -0.2) is 9.13 Å². The Labute approximate surface area is 337 Å². The van der Waals surface area contributed by atoms with Gasteiger partial charge in [0.05, 0.1) is 16.6 Å². The predicted molar refractivity (Wildman–Crippen MR) is 248 cm³/mol. The van der Waals surface area contributed by atoms with Crippen molar-refractivity contribution in [1.82, 2.24) is 9.13 Å². The Morgan fingerprint density at radius 2 is 0.948 bits per heavy atom. The zero-order valence-electron chi connectivity index (χ0n) is 32.6. The standard InChI is InChI=1S/C56H40N2/c1-35-23-24-39(31-36(35)2)55-47-29-27-42(58-53-21-11-7-17-45(53)46-18-8-12-22-54(46)58)34-50(47)56(40-26-25-37-13-3-4-14-38(37)32-40)48-30-28-41(33-49(48)55)57-51-19-9-5-15-43(51)44-16-6-10-20-52(44)57/h3-7,9-17,19-34H,8,18H2,1-2H3. The van der Waals surface area contributed by atoms with Crippen molar-refractivity contribution in [2.24, 2.45) is 0 Å². The monoisotopic (exact) mass is 740 g/mol. The minimum absolute atomic E-state index is 1.06. The fraction of sp³-hybridized carbons (Fsp3) is 0.0714. The second kappa shape index (κ2) is 12.7. The van der Waals surface area contributed by atoms with E-state index >= 15 is 0 Å². The molecule has 0 amide bonds. The molecule has 0 bridgehead atoms. The SMILES string of the molecule is Cc1ccc(-c2c3ccc(-n4c5c(c6ccccc64)CCC=C5)cc3c(-c3ccc4ccccc4c3)c3ccc(-n4c5ccccc5c5ccccc54)cc23)cc1C. The molecule has 9 aromatic carbocycles. The van der Waals surface area contributed by atoms with E-state index < -0.39 is 0 Å². The first-order valence-corrected chi connectivity index (χ1v) is 20.5. The van der Waals surface area contributed by atoms with Crippen molar-refractivity contribution in [2.75, 3.05) is 0 Å². The lowest BCUT2D eigenvalue weighted by atomic mass is 9.84. The van der Waals surface area contributed by atoms with E-state index in [1.54, 1.807) is 0 Å². The fourth-order valence-corrected chi connectivity index (χ4v) is 10.0. The van der Waals surface area contributed by atoms with Gasteiger partial charge in [-0.15, -0.1) is 0 Å². The number of allylic oxidation sites excluding steroid dienone is 1. The molecule has 58 heavy (non-hydrogen) atoms. The van der Waals surface area contributed by atoms with E-state index in [4.69, 9.17) is 0 Å². The highest BCUT2D eigenvalue weighted by molar-refractivity contribution is 6.23. The minimum Gasteiger partial charge on any atom is -0.310 e. The van der Waals surface area contributed by atoms with Crippen LogP contribution in [0.15, 0.2) is 176 Å². The number of aryl methyl sites for hydroxylation is 3. The Morgan fingerprint density at radius 3 is 1.62 bits per heavy atom. The number of hydrogen-bond acceptors (Lipinski definition) is 0. The van der Waals surface area contributed by atoms with Gasteiger partial charge in [0.15, 0.2) is 0 Å². The lowest BCUT2D eigenvalue weighted by Crippen LogP contribution is -2.01. The third-order valence-corrected chi connectivity index (χ3v) is 12.9. The highest BCUT2D eigenvalue weighted by Crippen LogP contribution is 2.47. The van der Waals surface area contributed by atoms with E-state index in [1.807, 2.05) is 0 Å². The van der Waals surface area contributed by atoms with Gasteiger partial charge in [-0.25, -0.2) is 0 Å². The maximum atomic E-state index is 2.50. The van der Waals surface area contributed by atoms with Gasteiger partial charge in [0.1, 0.15) is 0 Å². The van der Waals surface area contributed by atoms with E-state index in [9.17, 15) is 0 Å². The van der Waals surface area contributed by atoms with Crippen LogP contribution in [0.5, 0.6) is 0 Å². The molecule has 12 rings (SSSR count). The zero-order chi connectivity index (χ0) is 38.5. The summed E-state index contributed by atoms with van der Waals surface area (Å²) in [4.78, 5) is 0. The molecule has 11 aromatic rings. The topological polar surface area (TPSA) is 9.86 Å². The van der Waals surface area contributed by atoms with Crippen LogP contribution >= 0.6 is 0 Å². The maximum Gasteiger partial charge on any atom is 0.0541 e. The molecule has 0 atom stereocenters. The summed E-state index contributed by atoms with van der Waals surface area (Å²) in [5.41, 5.74) is 16.4. The molecule has 0 saturated carbocycles. The van der Waals surface area contributed by atoms with Gasteiger partial charge in [-0.2, -0.15) is 0 Å². The average Bonchev–Trinajstić information content (AvgIpc) is 3.79. The molecule has 2 heteroatoms. The second-order valence-corrected chi connectivity index (χ2v) is 16.1. The van der Waals surface area contributed by atoms with Crippen molar-refractivity contribution in [3.05, 3.63) is 198 Å². The molecule has 274 valence electrons. The predicted octanol–water partition coefficient (Wildman–Crippen LogP) is 15.1. The van der Waals surface area contributed by atoms with Gasteiger partial charge in [-0.05, 0) is 153 Å². The quantitative estimate of drug-likeness (QED) is 0.159. The fourth-order valence-electron chi connectivity index (χ4n) is 10.0. The lowest BCUT2D eigenvalue weighted by Gasteiger charge is -2.21. The number of fused-ring (bicyclic) bond motifs is 9. The summed E-state index contributed by atoms with van der Waals surface area (Å²) < 4.78 is 4.94. The van der Waals surface area contributed by atoms with Crippen molar-refractivity contribution in [3.8, 4) is 33.6 Å². The molecule has 2 nitrogen and oxygen atoms in total. The van der Waals surface area contributed by atoms with Crippen molar-refractivity contribution < 1.29 is 0 Å². The van der Waals surface area contributed by atoms with Crippen LogP contribution in [0.3, 0.4) is 0 Å². The number of aromatic nitrogens is 2. The summed E-state index contributed by atoms with van der Waals surface area (Å²) in [5, 5.41) is 11.4. The van der Waals surface area contributed by atoms with Crippen LogP contribution in [0, 0.1) is 13.8 Å². The molecule has 0 aliphatic heterocycles. The lowest BCUT2D eigenvalue weighted by molar-refractivity contribution is 0.968. The summed E-state index contributed by atoms with van der Waals surface area (Å²) in [6.07, 6.45) is 6.81. The molecule has 0 spiro atoms. The molecule has 0 radical (unpaired) electrons. The molecule has 2 aromatic heterocycles. The minimum atomic E-state index is 1.06. The van der Waals surface area contributed by atoms with Crippen LogP contribution in [0.1, 0.15) is 28.8 Å². The first-order chi connectivity index (χ1) is 28.6. The summed E-state index contributed by atoms with van der Waals surface area (Å²) in [6, 6.07) is 63.7. The van der Waals surface area contributed by atoms with Crippen molar-refractivity contribution >= 4 is 71.1 Å². The summed E-state index contributed by atoms with van der Waals surface area (Å²) in [6.45, 7) is 4.45. The molecule has 0 unspecified atom stereocenters. The van der Waals surface area contributed by atoms with Gasteiger partial charge in [-0.3, -0.25) is 0 Å². The molecular weight excluding hydrogens is 701 g/mol. The molecule has 1 aliphatic carbocycles. The second-order valence-electron chi connectivity index (χ2n) is 16.1. The largest absolute Gasteiger partial charge is 0.310 e. The maximum absolute atomic E-state index is 2.50. The Bertz CT molecular complexity index is 3480. The van der Waals surface area contributed by atoms with Gasteiger partial charge in [0.2, 0.25) is 0 Å². The summed E-state index contributed by atoms with van der Waals surface area (Å²) in [5.74, 6) is 0. The van der Waals surface area contributed by atoms with E-state index in [0.29, 0.717) is 0 Å². The normalized spacial score (nSPS) is 12.8. The Hall–Kier alpha value is -7.16. The van der Waals surface area contributed by atoms with Crippen molar-refractivity contribution in [3.63, 3.8) is 0 Å². The molecule has 0 saturated heterocycles. The molecule has 0 fully saturated rings. The molecule has 1 aliphatic rings. The van der Waals surface area contributed by atoms with Crippen LogP contribution in [0.4, 0.5) is 0 Å². The third-order valence-electron chi connectivity index (χ3n) is 12.9. The third kappa shape index (κ3) is 4.85. The zero-order valence-corrected chi connectivity index (χ0v) is 32.6. The van der Waals surface area contributed by atoms with Crippen LogP contribution in [0.25, 0.3) is 105 Å². The van der Waals surface area contributed by atoms with E-state index in [-0.39, 0.29) is 0 Å². The summed E-state index contributed by atoms with van der Waals surface area (Å²) >= 11 is 0. The van der Waals surface area contributed by atoms with Gasteiger partial charge in [-0.1, -0.05) is 127 Å². The first-order valence-electron chi connectivity index (χ1n) is 20.5. The average molecular weight is 741 g/mol. The van der Waals surface area contributed by atoms with E-state index in [1.165, 1.54) is 115 Å². The molecular formula is C56H40N2. The number of benzene rings is 9. The Balaban J connectivity index is 1.24. The Kier molecular flexibility index (Phi) is 7.22. The van der Waals surface area contributed by atoms with E-state index in [0.717, 1.165) is 18.5 Å². The Morgan fingerprint density at radius 1 is 0.397 bits per heavy atom. The van der Waals surface area contributed by atoms with Crippen molar-refractivity contribution in [2.45, 2.75) is 26.7 Å². The highest BCUT2D eigenvalue weighted by Gasteiger charge is 2.23. The molecule has 2 heterocycles. The van der Waals surface area contributed by atoms with Crippen molar-refractivity contribution in [1.29, 1.82) is 0 Å². The van der Waals surface area contributed by atoms with Gasteiger partial charge in [0.25, 0.3) is 0 Å². The van der Waals surface area contributed by atoms with E-state index in [2.05, 4.69) is 205 Å². The smallest absolute Gasteiger partial charge is 0.0541 e.